The van der Waals surface area contributed by atoms with Gasteiger partial charge in [-0.3, -0.25) is 4.79 Å². The van der Waals surface area contributed by atoms with Gasteiger partial charge in [0.05, 0.1) is 5.92 Å². The molecule has 0 spiro atoms. The minimum Gasteiger partial charge on any atom is -0.396 e. The topological polar surface area (TPSA) is 49.3 Å². The van der Waals surface area contributed by atoms with Gasteiger partial charge in [-0.1, -0.05) is 37.6 Å². The Balaban J connectivity index is 1.82. The third-order valence-corrected chi connectivity index (χ3v) is 3.97. The third kappa shape index (κ3) is 3.35. The van der Waals surface area contributed by atoms with E-state index in [-0.39, 0.29) is 18.4 Å². The molecule has 3 heteroatoms. The van der Waals surface area contributed by atoms with Crippen LogP contribution in [0, 0.1) is 5.92 Å². The maximum absolute atomic E-state index is 12.1. The molecule has 1 amide bonds. The quantitative estimate of drug-likeness (QED) is 0.791. The summed E-state index contributed by atoms with van der Waals surface area (Å²) < 4.78 is 0. The van der Waals surface area contributed by atoms with Crippen LogP contribution >= 0.6 is 0 Å². The molecule has 0 radical (unpaired) electrons. The van der Waals surface area contributed by atoms with Gasteiger partial charge in [-0.15, -0.1) is 0 Å². The Bertz CT molecular complexity index is 425. The fraction of sp³-hybridized carbons (Fsp3) is 0.562. The molecule has 104 valence electrons. The van der Waals surface area contributed by atoms with Gasteiger partial charge in [0.25, 0.3) is 0 Å². The molecule has 2 atom stereocenters. The summed E-state index contributed by atoms with van der Waals surface area (Å²) in [4.78, 5) is 12.1. The first kappa shape index (κ1) is 14.1. The Labute approximate surface area is 115 Å². The Hall–Kier alpha value is -1.35. The van der Waals surface area contributed by atoms with Crippen LogP contribution in [0.4, 0.5) is 0 Å². The summed E-state index contributed by atoms with van der Waals surface area (Å²) in [7, 11) is 0. The van der Waals surface area contributed by atoms with Gasteiger partial charge < -0.3 is 10.4 Å². The fourth-order valence-corrected chi connectivity index (χ4v) is 2.80. The molecule has 19 heavy (non-hydrogen) atoms. The van der Waals surface area contributed by atoms with E-state index in [9.17, 15) is 4.79 Å². The molecule has 0 aliphatic heterocycles. The van der Waals surface area contributed by atoms with E-state index in [4.69, 9.17) is 5.11 Å². The molecule has 0 saturated heterocycles. The predicted molar refractivity (Wildman–Crippen MR) is 76.0 cm³/mol. The molecular weight excluding hydrogens is 238 g/mol. The number of carbonyl (C=O) groups is 1. The van der Waals surface area contributed by atoms with E-state index in [1.807, 2.05) is 18.2 Å². The summed E-state index contributed by atoms with van der Waals surface area (Å²) >= 11 is 0. The second-order valence-corrected chi connectivity index (χ2v) is 5.37. The molecule has 2 unspecified atom stereocenters. The average molecular weight is 261 g/mol. The Morgan fingerprint density at radius 1 is 1.42 bits per heavy atom. The highest BCUT2D eigenvalue weighted by atomic mass is 16.3. The lowest BCUT2D eigenvalue weighted by atomic mass is 9.77. The van der Waals surface area contributed by atoms with Gasteiger partial charge in [0.15, 0.2) is 0 Å². The van der Waals surface area contributed by atoms with E-state index in [2.05, 4.69) is 18.3 Å². The lowest BCUT2D eigenvalue weighted by Crippen LogP contribution is -2.38. The summed E-state index contributed by atoms with van der Waals surface area (Å²) in [5, 5.41) is 12.1. The van der Waals surface area contributed by atoms with E-state index in [0.717, 1.165) is 25.7 Å². The van der Waals surface area contributed by atoms with Gasteiger partial charge >= 0.3 is 0 Å². The van der Waals surface area contributed by atoms with E-state index < -0.39 is 0 Å². The van der Waals surface area contributed by atoms with Crippen LogP contribution in [-0.4, -0.2) is 24.2 Å². The predicted octanol–water partition coefficient (Wildman–Crippen LogP) is 2.24. The van der Waals surface area contributed by atoms with Crippen molar-refractivity contribution in [2.45, 2.75) is 38.5 Å². The average Bonchev–Trinajstić information content (AvgIpc) is 2.38. The summed E-state index contributed by atoms with van der Waals surface area (Å²) in [6, 6.07) is 8.14. The van der Waals surface area contributed by atoms with Crippen molar-refractivity contribution in [2.24, 2.45) is 5.92 Å². The molecular formula is C16H23NO2. The van der Waals surface area contributed by atoms with E-state index in [1.165, 1.54) is 11.1 Å². The molecule has 1 aliphatic rings. The van der Waals surface area contributed by atoms with Crippen molar-refractivity contribution in [2.75, 3.05) is 13.2 Å². The molecule has 0 heterocycles. The molecule has 2 rings (SSSR count). The number of aliphatic hydroxyl groups is 1. The smallest absolute Gasteiger partial charge is 0.227 e. The molecule has 0 fully saturated rings. The summed E-state index contributed by atoms with van der Waals surface area (Å²) in [5.74, 6) is 0.569. The van der Waals surface area contributed by atoms with Gasteiger partial charge in [-0.25, -0.2) is 0 Å². The van der Waals surface area contributed by atoms with Gasteiger partial charge in [0, 0.05) is 13.2 Å². The van der Waals surface area contributed by atoms with E-state index in [0.29, 0.717) is 12.5 Å². The lowest BCUT2D eigenvalue weighted by molar-refractivity contribution is -0.123. The normalized spacial score (nSPS) is 18.3. The first-order valence-electron chi connectivity index (χ1n) is 7.22. The van der Waals surface area contributed by atoms with Crippen LogP contribution < -0.4 is 5.32 Å². The standard InChI is InChI=1S/C16H23NO2/c1-2-5-12(8-9-18)11-17-16(19)15-10-13-6-3-4-7-14(13)15/h3-4,6-7,12,15,18H,2,5,8-11H2,1H3,(H,17,19). The van der Waals surface area contributed by atoms with Gasteiger partial charge in [-0.2, -0.15) is 0 Å². The fourth-order valence-electron chi connectivity index (χ4n) is 2.80. The zero-order valence-corrected chi connectivity index (χ0v) is 11.6. The number of rotatable bonds is 7. The van der Waals surface area contributed by atoms with Crippen LogP contribution in [0.5, 0.6) is 0 Å². The molecule has 2 N–H and O–H groups in total. The van der Waals surface area contributed by atoms with Crippen LogP contribution in [-0.2, 0) is 11.2 Å². The number of hydrogen-bond acceptors (Lipinski definition) is 2. The highest BCUT2D eigenvalue weighted by Crippen LogP contribution is 2.34. The molecule has 0 bridgehead atoms. The molecule has 1 aliphatic carbocycles. The van der Waals surface area contributed by atoms with Crippen LogP contribution in [0.2, 0.25) is 0 Å². The van der Waals surface area contributed by atoms with Gasteiger partial charge in [-0.05, 0) is 36.3 Å². The van der Waals surface area contributed by atoms with Gasteiger partial charge in [0.1, 0.15) is 0 Å². The van der Waals surface area contributed by atoms with Crippen LogP contribution in [0.1, 0.15) is 43.2 Å². The maximum Gasteiger partial charge on any atom is 0.227 e. The number of carbonyl (C=O) groups excluding carboxylic acids is 1. The van der Waals surface area contributed by atoms with E-state index >= 15 is 0 Å². The summed E-state index contributed by atoms with van der Waals surface area (Å²) in [6.07, 6.45) is 3.78. The zero-order valence-electron chi connectivity index (χ0n) is 11.6. The van der Waals surface area contributed by atoms with E-state index in [1.54, 1.807) is 0 Å². The number of hydrogen-bond donors (Lipinski definition) is 2. The Kier molecular flexibility index (Phi) is 4.97. The van der Waals surface area contributed by atoms with Crippen molar-refractivity contribution in [3.05, 3.63) is 35.4 Å². The van der Waals surface area contributed by atoms with Crippen molar-refractivity contribution in [3.8, 4) is 0 Å². The minimum absolute atomic E-state index is 0.0348. The lowest BCUT2D eigenvalue weighted by Gasteiger charge is -2.29. The summed E-state index contributed by atoms with van der Waals surface area (Å²) in [5.41, 5.74) is 2.47. The van der Waals surface area contributed by atoms with Crippen molar-refractivity contribution < 1.29 is 9.90 Å². The van der Waals surface area contributed by atoms with Crippen LogP contribution in [0.15, 0.2) is 24.3 Å². The van der Waals surface area contributed by atoms with Crippen molar-refractivity contribution >= 4 is 5.91 Å². The SMILES string of the molecule is CCCC(CCO)CNC(=O)C1Cc2ccccc21. The molecule has 1 aromatic rings. The van der Waals surface area contributed by atoms with Crippen molar-refractivity contribution in [1.82, 2.24) is 5.32 Å². The second-order valence-electron chi connectivity index (χ2n) is 5.37. The minimum atomic E-state index is 0.0348. The Morgan fingerprint density at radius 3 is 2.89 bits per heavy atom. The second kappa shape index (κ2) is 6.71. The largest absolute Gasteiger partial charge is 0.396 e. The number of fused-ring (bicyclic) bond motifs is 1. The van der Waals surface area contributed by atoms with Crippen molar-refractivity contribution in [1.29, 1.82) is 0 Å². The number of nitrogens with one attached hydrogen (secondary N) is 1. The highest BCUT2D eigenvalue weighted by Gasteiger charge is 2.31. The highest BCUT2D eigenvalue weighted by molar-refractivity contribution is 5.86. The maximum atomic E-state index is 12.1. The molecule has 0 saturated carbocycles. The molecule has 1 aromatic carbocycles. The Morgan fingerprint density at radius 2 is 2.21 bits per heavy atom. The van der Waals surface area contributed by atoms with Crippen LogP contribution in [0.25, 0.3) is 0 Å². The third-order valence-electron chi connectivity index (χ3n) is 3.97. The summed E-state index contributed by atoms with van der Waals surface area (Å²) in [6.45, 7) is 3.02. The zero-order chi connectivity index (χ0) is 13.7. The van der Waals surface area contributed by atoms with Gasteiger partial charge in [0.2, 0.25) is 5.91 Å². The number of benzene rings is 1. The number of aliphatic hydroxyl groups excluding tert-OH is 1. The molecule has 3 nitrogen and oxygen atoms in total. The van der Waals surface area contributed by atoms with Crippen LogP contribution in [0.3, 0.4) is 0 Å². The molecule has 0 aromatic heterocycles. The number of amides is 1. The first-order chi connectivity index (χ1) is 9.26. The van der Waals surface area contributed by atoms with Crippen molar-refractivity contribution in [3.63, 3.8) is 0 Å². The first-order valence-corrected chi connectivity index (χ1v) is 7.22. The monoisotopic (exact) mass is 261 g/mol.